The van der Waals surface area contributed by atoms with Crippen molar-refractivity contribution in [3.63, 3.8) is 0 Å². The number of carbonyl (C=O) groups is 1. The Labute approximate surface area is 163 Å². The molecule has 0 radical (unpaired) electrons. The lowest BCUT2D eigenvalue weighted by molar-refractivity contribution is 0.0420. The van der Waals surface area contributed by atoms with E-state index in [0.717, 1.165) is 17.1 Å². The van der Waals surface area contributed by atoms with Gasteiger partial charge in [-0.1, -0.05) is 12.1 Å². The SMILES string of the molecule is COc1ccc(Oc2ccc(CCNC(=O)N3C[C@@H](O)C[C@H](F)C3)cc2)cc1. The molecule has 2 amide bonds. The largest absolute Gasteiger partial charge is 0.497 e. The fraction of sp³-hybridized carbons (Fsp3) is 0.381. The van der Waals surface area contributed by atoms with Gasteiger partial charge >= 0.3 is 6.03 Å². The van der Waals surface area contributed by atoms with Crippen LogP contribution in [0.15, 0.2) is 48.5 Å². The minimum absolute atomic E-state index is 0.0281. The standard InChI is InChI=1S/C21H25FN2O4/c1-27-18-6-8-20(9-7-18)28-19-4-2-15(3-5-19)10-11-23-21(26)24-13-16(22)12-17(25)14-24/h2-9,16-17,25H,10-14H2,1H3,(H,23,26)/t16-,17-/m0/s1. The number of urea groups is 1. The Bertz CT molecular complexity index is 757. The fourth-order valence-electron chi connectivity index (χ4n) is 3.11. The van der Waals surface area contributed by atoms with E-state index in [0.29, 0.717) is 18.7 Å². The van der Waals surface area contributed by atoms with Gasteiger partial charge in [-0.05, 0) is 48.4 Å². The van der Waals surface area contributed by atoms with Crippen LogP contribution in [0.5, 0.6) is 17.2 Å². The van der Waals surface area contributed by atoms with Crippen molar-refractivity contribution in [1.29, 1.82) is 0 Å². The first-order valence-electron chi connectivity index (χ1n) is 9.29. The molecule has 1 fully saturated rings. The zero-order valence-electron chi connectivity index (χ0n) is 15.8. The Morgan fingerprint density at radius 3 is 2.32 bits per heavy atom. The molecule has 0 saturated carbocycles. The Balaban J connectivity index is 1.44. The Morgan fingerprint density at radius 2 is 1.71 bits per heavy atom. The predicted octanol–water partition coefficient (Wildman–Crippen LogP) is 3.14. The Kier molecular flexibility index (Phi) is 6.71. The number of aliphatic hydroxyl groups is 1. The number of halogens is 1. The average Bonchev–Trinajstić information content (AvgIpc) is 2.69. The lowest BCUT2D eigenvalue weighted by Gasteiger charge is -2.32. The van der Waals surface area contributed by atoms with E-state index >= 15 is 0 Å². The van der Waals surface area contributed by atoms with Crippen LogP contribution in [0.25, 0.3) is 0 Å². The fourth-order valence-corrected chi connectivity index (χ4v) is 3.11. The first-order valence-corrected chi connectivity index (χ1v) is 9.29. The number of likely N-dealkylation sites (tertiary alicyclic amines) is 1. The molecule has 3 rings (SSSR count). The molecule has 1 heterocycles. The van der Waals surface area contributed by atoms with Crippen LogP contribution in [0.4, 0.5) is 9.18 Å². The molecular formula is C21H25FN2O4. The van der Waals surface area contributed by atoms with Crippen molar-refractivity contribution >= 4 is 6.03 Å². The van der Waals surface area contributed by atoms with Gasteiger partial charge in [0.15, 0.2) is 0 Å². The summed E-state index contributed by atoms with van der Waals surface area (Å²) in [5.74, 6) is 2.20. The van der Waals surface area contributed by atoms with E-state index in [1.807, 2.05) is 48.5 Å². The van der Waals surface area contributed by atoms with Gasteiger partial charge in [0.25, 0.3) is 0 Å². The third kappa shape index (κ3) is 5.60. The summed E-state index contributed by atoms with van der Waals surface area (Å²) in [6, 6.07) is 14.6. The lowest BCUT2D eigenvalue weighted by atomic mass is 10.1. The van der Waals surface area contributed by atoms with E-state index in [9.17, 15) is 14.3 Å². The minimum Gasteiger partial charge on any atom is -0.497 e. The number of methoxy groups -OCH3 is 1. The number of piperidine rings is 1. The molecule has 0 aromatic heterocycles. The topological polar surface area (TPSA) is 71.0 Å². The van der Waals surface area contributed by atoms with Gasteiger partial charge in [0.1, 0.15) is 23.4 Å². The molecule has 1 aliphatic heterocycles. The lowest BCUT2D eigenvalue weighted by Crippen LogP contribution is -2.51. The van der Waals surface area contributed by atoms with Crippen LogP contribution >= 0.6 is 0 Å². The van der Waals surface area contributed by atoms with Gasteiger partial charge in [-0.25, -0.2) is 9.18 Å². The monoisotopic (exact) mass is 388 g/mol. The number of amides is 2. The molecular weight excluding hydrogens is 363 g/mol. The number of β-amino-alcohol motifs (C(OH)–C–C–N with tert-alkyl or cyclic N) is 1. The van der Waals surface area contributed by atoms with Crippen molar-refractivity contribution in [3.8, 4) is 17.2 Å². The van der Waals surface area contributed by atoms with Crippen molar-refractivity contribution in [2.45, 2.75) is 25.1 Å². The van der Waals surface area contributed by atoms with Gasteiger partial charge < -0.3 is 24.8 Å². The number of hydrogen-bond acceptors (Lipinski definition) is 4. The number of carbonyl (C=O) groups excluding carboxylic acids is 1. The van der Waals surface area contributed by atoms with Crippen LogP contribution in [-0.4, -0.2) is 55.1 Å². The van der Waals surface area contributed by atoms with Crippen molar-refractivity contribution in [1.82, 2.24) is 10.2 Å². The van der Waals surface area contributed by atoms with Crippen LogP contribution in [0.1, 0.15) is 12.0 Å². The molecule has 0 spiro atoms. The highest BCUT2D eigenvalue weighted by atomic mass is 19.1. The van der Waals surface area contributed by atoms with Gasteiger partial charge in [0.2, 0.25) is 0 Å². The smallest absolute Gasteiger partial charge is 0.317 e. The number of rotatable bonds is 6. The molecule has 2 aromatic rings. The summed E-state index contributed by atoms with van der Waals surface area (Å²) >= 11 is 0. The second kappa shape index (κ2) is 9.41. The van der Waals surface area contributed by atoms with E-state index < -0.39 is 12.3 Å². The molecule has 0 aliphatic carbocycles. The van der Waals surface area contributed by atoms with E-state index in [1.165, 1.54) is 4.90 Å². The quantitative estimate of drug-likeness (QED) is 0.798. The van der Waals surface area contributed by atoms with Gasteiger partial charge in [0, 0.05) is 19.5 Å². The van der Waals surface area contributed by atoms with Crippen molar-refractivity contribution in [3.05, 3.63) is 54.1 Å². The number of nitrogens with zero attached hydrogens (tertiary/aromatic N) is 1. The molecule has 28 heavy (non-hydrogen) atoms. The van der Waals surface area contributed by atoms with Crippen LogP contribution in [0, 0.1) is 0 Å². The van der Waals surface area contributed by atoms with Crippen molar-refractivity contribution < 1.29 is 23.8 Å². The molecule has 2 atom stereocenters. The van der Waals surface area contributed by atoms with Crippen molar-refractivity contribution in [2.24, 2.45) is 0 Å². The first kappa shape index (κ1) is 19.9. The maximum Gasteiger partial charge on any atom is 0.317 e. The zero-order chi connectivity index (χ0) is 19.9. The molecule has 1 saturated heterocycles. The summed E-state index contributed by atoms with van der Waals surface area (Å²) in [5.41, 5.74) is 1.05. The van der Waals surface area contributed by atoms with Gasteiger partial charge in [-0.3, -0.25) is 0 Å². The van der Waals surface area contributed by atoms with Crippen LogP contribution in [0.3, 0.4) is 0 Å². The summed E-state index contributed by atoms with van der Waals surface area (Å²) < 4.78 is 24.4. The molecule has 0 unspecified atom stereocenters. The molecule has 0 bridgehead atoms. The maximum absolute atomic E-state index is 13.5. The Morgan fingerprint density at radius 1 is 1.11 bits per heavy atom. The zero-order valence-corrected chi connectivity index (χ0v) is 15.8. The second-order valence-electron chi connectivity index (χ2n) is 6.80. The van der Waals surface area contributed by atoms with Gasteiger partial charge in [-0.15, -0.1) is 0 Å². The van der Waals surface area contributed by atoms with Crippen molar-refractivity contribution in [2.75, 3.05) is 26.7 Å². The highest BCUT2D eigenvalue weighted by molar-refractivity contribution is 5.74. The summed E-state index contributed by atoms with van der Waals surface area (Å²) in [4.78, 5) is 13.4. The number of nitrogens with one attached hydrogen (secondary N) is 1. The highest BCUT2D eigenvalue weighted by Crippen LogP contribution is 2.24. The van der Waals surface area contributed by atoms with E-state index in [4.69, 9.17) is 9.47 Å². The number of ether oxygens (including phenoxy) is 2. The summed E-state index contributed by atoms with van der Waals surface area (Å²) in [6.45, 7) is 0.630. The minimum atomic E-state index is -1.17. The van der Waals surface area contributed by atoms with E-state index in [2.05, 4.69) is 5.32 Å². The predicted molar refractivity (Wildman–Crippen MR) is 104 cm³/mol. The van der Waals surface area contributed by atoms with Crippen LogP contribution in [0.2, 0.25) is 0 Å². The third-order valence-corrected chi connectivity index (χ3v) is 4.57. The number of aliphatic hydroxyl groups excluding tert-OH is 1. The molecule has 1 aliphatic rings. The number of alkyl halides is 1. The second-order valence-corrected chi connectivity index (χ2v) is 6.80. The Hall–Kier alpha value is -2.80. The maximum atomic E-state index is 13.5. The van der Waals surface area contributed by atoms with Crippen LogP contribution < -0.4 is 14.8 Å². The number of hydrogen-bond donors (Lipinski definition) is 2. The molecule has 2 N–H and O–H groups in total. The summed E-state index contributed by atoms with van der Waals surface area (Å²) in [5, 5.41) is 12.4. The third-order valence-electron chi connectivity index (χ3n) is 4.57. The molecule has 6 nitrogen and oxygen atoms in total. The first-order chi connectivity index (χ1) is 13.5. The average molecular weight is 388 g/mol. The van der Waals surface area contributed by atoms with Gasteiger partial charge in [-0.2, -0.15) is 0 Å². The van der Waals surface area contributed by atoms with E-state index in [1.54, 1.807) is 7.11 Å². The molecule has 2 aromatic carbocycles. The summed E-state index contributed by atoms with van der Waals surface area (Å²) in [7, 11) is 1.62. The molecule has 7 heteroatoms. The number of benzene rings is 2. The van der Waals surface area contributed by atoms with Crippen LogP contribution in [-0.2, 0) is 6.42 Å². The molecule has 150 valence electrons. The highest BCUT2D eigenvalue weighted by Gasteiger charge is 2.28. The van der Waals surface area contributed by atoms with E-state index in [-0.39, 0.29) is 25.5 Å². The van der Waals surface area contributed by atoms with Gasteiger partial charge in [0.05, 0.1) is 19.8 Å². The normalized spacial score (nSPS) is 19.2. The summed E-state index contributed by atoms with van der Waals surface area (Å²) in [6.07, 6.45) is -1.24.